The van der Waals surface area contributed by atoms with Crippen LogP contribution in [0.5, 0.6) is 0 Å². The Morgan fingerprint density at radius 2 is 0.925 bits per heavy atom. The van der Waals surface area contributed by atoms with Crippen molar-refractivity contribution in [2.24, 2.45) is 0 Å². The summed E-state index contributed by atoms with van der Waals surface area (Å²) in [5.41, 5.74) is 4.14. The molecule has 0 aliphatic rings. The van der Waals surface area contributed by atoms with Gasteiger partial charge in [-0.05, 0) is 54.0 Å². The van der Waals surface area contributed by atoms with Gasteiger partial charge in [0.1, 0.15) is 0 Å². The van der Waals surface area contributed by atoms with Gasteiger partial charge >= 0.3 is 0 Å². The molecule has 0 bridgehead atoms. The number of benzene rings is 2. The Morgan fingerprint density at radius 3 is 1.43 bits per heavy atom. The molecule has 0 aliphatic carbocycles. The molecule has 40 heavy (non-hydrogen) atoms. The molecule has 0 aliphatic heterocycles. The molecule has 0 heterocycles. The average molecular weight is 571 g/mol. The van der Waals surface area contributed by atoms with Crippen LogP contribution in [0.1, 0.15) is 153 Å². The normalized spacial score (nSPS) is 11.8. The lowest BCUT2D eigenvalue weighted by Gasteiger charge is -2.17. The zero-order chi connectivity index (χ0) is 28.9. The molecule has 226 valence electrons. The van der Waals surface area contributed by atoms with E-state index in [1.807, 2.05) is 12.1 Å². The second-order valence-electron chi connectivity index (χ2n) is 11.8. The predicted octanol–water partition coefficient (Wildman–Crippen LogP) is 11.5. The monoisotopic (exact) mass is 570 g/mol. The highest BCUT2D eigenvalue weighted by Gasteiger charge is 2.20. The van der Waals surface area contributed by atoms with Crippen LogP contribution in [0.15, 0.2) is 47.4 Å². The molecule has 0 saturated heterocycles. The topological polar surface area (TPSA) is 54.4 Å². The van der Waals surface area contributed by atoms with E-state index in [4.69, 9.17) is 0 Å². The predicted molar refractivity (Wildman–Crippen MR) is 173 cm³/mol. The molecule has 0 spiro atoms. The Morgan fingerprint density at radius 1 is 0.500 bits per heavy atom. The Hall–Kier alpha value is -1.65. The van der Waals surface area contributed by atoms with Gasteiger partial charge in [-0.15, -0.1) is 0 Å². The summed E-state index contributed by atoms with van der Waals surface area (Å²) in [6.45, 7) is 4.52. The molecule has 3 nitrogen and oxygen atoms in total. The molecule has 2 aromatic rings. The fourth-order valence-electron chi connectivity index (χ4n) is 5.91. The second kappa shape index (κ2) is 21.1. The summed E-state index contributed by atoms with van der Waals surface area (Å²) < 4.78 is 34.7. The first kappa shape index (κ1) is 34.6. The zero-order valence-electron chi connectivity index (χ0n) is 25.8. The van der Waals surface area contributed by atoms with E-state index in [1.165, 1.54) is 115 Å². The van der Waals surface area contributed by atoms with Crippen molar-refractivity contribution in [1.29, 1.82) is 0 Å². The third-order valence-corrected chi connectivity index (χ3v) is 9.24. The van der Waals surface area contributed by atoms with Gasteiger partial charge in [-0.3, -0.25) is 4.55 Å². The number of aryl methyl sites for hydroxylation is 1. The first-order chi connectivity index (χ1) is 19.5. The number of hydrogen-bond acceptors (Lipinski definition) is 2. The fraction of sp³-hybridized carbons (Fsp3) is 0.667. The van der Waals surface area contributed by atoms with Gasteiger partial charge in [-0.25, -0.2) is 0 Å². The van der Waals surface area contributed by atoms with Gasteiger partial charge in [0, 0.05) is 0 Å². The van der Waals surface area contributed by atoms with E-state index in [9.17, 15) is 13.0 Å². The third kappa shape index (κ3) is 13.8. The quantitative estimate of drug-likeness (QED) is 0.101. The van der Waals surface area contributed by atoms with Crippen molar-refractivity contribution in [3.05, 3.63) is 53.6 Å². The molecule has 0 atom stereocenters. The maximum atomic E-state index is 12.3. The minimum Gasteiger partial charge on any atom is -0.282 e. The van der Waals surface area contributed by atoms with Gasteiger partial charge in [0.05, 0.1) is 4.90 Å². The molecule has 0 fully saturated rings. The molecule has 2 rings (SSSR count). The smallest absolute Gasteiger partial charge is 0.282 e. The van der Waals surface area contributed by atoms with E-state index in [2.05, 4.69) is 32.0 Å². The first-order valence-electron chi connectivity index (χ1n) is 16.7. The zero-order valence-corrected chi connectivity index (χ0v) is 26.6. The largest absolute Gasteiger partial charge is 0.294 e. The van der Waals surface area contributed by atoms with Gasteiger partial charge in [0.25, 0.3) is 10.1 Å². The van der Waals surface area contributed by atoms with Crippen LogP contribution < -0.4 is 0 Å². The summed E-state index contributed by atoms with van der Waals surface area (Å²) in [7, 11) is -4.28. The molecule has 0 amide bonds. The molecule has 0 saturated carbocycles. The summed E-state index contributed by atoms with van der Waals surface area (Å²) in [4.78, 5) is 0.0784. The van der Waals surface area contributed by atoms with Crippen molar-refractivity contribution in [1.82, 2.24) is 0 Å². The second-order valence-corrected chi connectivity index (χ2v) is 13.2. The lowest BCUT2D eigenvalue weighted by atomic mass is 9.90. The van der Waals surface area contributed by atoms with Crippen molar-refractivity contribution in [2.75, 3.05) is 0 Å². The Kier molecular flexibility index (Phi) is 18.2. The van der Waals surface area contributed by atoms with Crippen LogP contribution >= 0.6 is 0 Å². The number of rotatable bonds is 24. The van der Waals surface area contributed by atoms with Crippen LogP contribution in [-0.2, 0) is 23.0 Å². The maximum absolute atomic E-state index is 12.3. The van der Waals surface area contributed by atoms with Crippen LogP contribution in [0.2, 0.25) is 0 Å². The van der Waals surface area contributed by atoms with Crippen molar-refractivity contribution in [3.8, 4) is 11.1 Å². The molecule has 0 unspecified atom stereocenters. The van der Waals surface area contributed by atoms with Crippen LogP contribution in [0, 0.1) is 0 Å². The first-order valence-corrected chi connectivity index (χ1v) is 18.1. The molecule has 4 heteroatoms. The van der Waals surface area contributed by atoms with E-state index < -0.39 is 10.1 Å². The standard InChI is InChI=1S/C36H58O3S/c1-3-5-7-9-11-13-15-17-19-21-26-32-27-23-24-28-33(32)34-30-25-31-36(40(37,38)39)35(34)29-22-20-18-16-14-12-10-8-6-4-2/h23-25,27-28,30-31H,3-22,26,29H2,1-2H3,(H,37,38,39). The van der Waals surface area contributed by atoms with Gasteiger partial charge in [0.15, 0.2) is 0 Å². The summed E-state index contributed by atoms with van der Waals surface area (Å²) in [6, 6.07) is 13.8. The highest BCUT2D eigenvalue weighted by molar-refractivity contribution is 7.85. The summed E-state index contributed by atoms with van der Waals surface area (Å²) in [6.07, 6.45) is 27.3. The molecule has 0 aromatic heterocycles. The molecular weight excluding hydrogens is 512 g/mol. The Bertz CT molecular complexity index is 1030. The molecule has 2 aromatic carbocycles. The summed E-state index contributed by atoms with van der Waals surface area (Å²) >= 11 is 0. The molecule has 0 radical (unpaired) electrons. The van der Waals surface area contributed by atoms with E-state index in [1.54, 1.807) is 12.1 Å². The van der Waals surface area contributed by atoms with Crippen molar-refractivity contribution < 1.29 is 13.0 Å². The van der Waals surface area contributed by atoms with Gasteiger partial charge in [-0.1, -0.05) is 166 Å². The highest BCUT2D eigenvalue weighted by Crippen LogP contribution is 2.33. The Labute approximate surface area is 247 Å². The van der Waals surface area contributed by atoms with Crippen molar-refractivity contribution in [3.63, 3.8) is 0 Å². The van der Waals surface area contributed by atoms with Gasteiger partial charge in [-0.2, -0.15) is 8.42 Å². The third-order valence-electron chi connectivity index (χ3n) is 8.30. The maximum Gasteiger partial charge on any atom is 0.294 e. The van der Waals surface area contributed by atoms with Gasteiger partial charge < -0.3 is 0 Å². The van der Waals surface area contributed by atoms with Gasteiger partial charge in [0.2, 0.25) is 0 Å². The van der Waals surface area contributed by atoms with Crippen LogP contribution in [-0.4, -0.2) is 13.0 Å². The van der Waals surface area contributed by atoms with E-state index in [0.29, 0.717) is 6.42 Å². The van der Waals surface area contributed by atoms with Crippen LogP contribution in [0.4, 0.5) is 0 Å². The lowest BCUT2D eigenvalue weighted by molar-refractivity contribution is 0.481. The fourth-order valence-corrected chi connectivity index (χ4v) is 6.68. The minimum atomic E-state index is -4.28. The van der Waals surface area contributed by atoms with Crippen LogP contribution in [0.25, 0.3) is 11.1 Å². The van der Waals surface area contributed by atoms with E-state index in [0.717, 1.165) is 42.4 Å². The van der Waals surface area contributed by atoms with Crippen LogP contribution in [0.3, 0.4) is 0 Å². The Balaban J connectivity index is 1.94. The highest BCUT2D eigenvalue weighted by atomic mass is 32.2. The van der Waals surface area contributed by atoms with E-state index >= 15 is 0 Å². The van der Waals surface area contributed by atoms with E-state index in [-0.39, 0.29) is 4.90 Å². The van der Waals surface area contributed by atoms with Crippen molar-refractivity contribution in [2.45, 2.75) is 160 Å². The number of hydrogen-bond donors (Lipinski definition) is 1. The van der Waals surface area contributed by atoms with Crippen molar-refractivity contribution >= 4 is 10.1 Å². The molecular formula is C36H58O3S. The SMILES string of the molecule is CCCCCCCCCCCCc1ccccc1-c1cccc(S(=O)(=O)O)c1CCCCCCCCCCCC. The summed E-state index contributed by atoms with van der Waals surface area (Å²) in [5.74, 6) is 0. The minimum absolute atomic E-state index is 0.0784. The lowest BCUT2D eigenvalue weighted by Crippen LogP contribution is -2.06. The molecule has 1 N–H and O–H groups in total. The number of unbranched alkanes of at least 4 members (excludes halogenated alkanes) is 18. The summed E-state index contributed by atoms with van der Waals surface area (Å²) in [5, 5.41) is 0. The average Bonchev–Trinajstić information content (AvgIpc) is 2.94.